The summed E-state index contributed by atoms with van der Waals surface area (Å²) in [5.41, 5.74) is 4.69. The van der Waals surface area contributed by atoms with E-state index in [0.717, 1.165) is 27.9 Å². The van der Waals surface area contributed by atoms with E-state index in [4.69, 9.17) is 9.72 Å². The molecule has 2 heterocycles. The van der Waals surface area contributed by atoms with Crippen molar-refractivity contribution in [1.82, 2.24) is 19.6 Å². The molecular formula is C22H15FN4O. The number of rotatable bonds is 3. The van der Waals surface area contributed by atoms with Gasteiger partial charge in [0, 0.05) is 17.2 Å². The Morgan fingerprint density at radius 1 is 0.857 bits per heavy atom. The van der Waals surface area contributed by atoms with Crippen molar-refractivity contribution in [3.8, 4) is 28.4 Å². The molecule has 6 heteroatoms. The maximum Gasteiger partial charge on any atom is 0.188 e. The van der Waals surface area contributed by atoms with Crippen LogP contribution in [0.4, 0.5) is 4.39 Å². The summed E-state index contributed by atoms with van der Waals surface area (Å²) >= 11 is 0. The molecule has 0 aliphatic heterocycles. The lowest BCUT2D eigenvalue weighted by Crippen LogP contribution is -1.98. The first-order valence-corrected chi connectivity index (χ1v) is 8.79. The predicted octanol–water partition coefficient (Wildman–Crippen LogP) is 4.76. The quantitative estimate of drug-likeness (QED) is 0.459. The molecule has 136 valence electrons. The van der Waals surface area contributed by atoms with Gasteiger partial charge in [-0.25, -0.2) is 9.37 Å². The second-order valence-electron chi connectivity index (χ2n) is 6.37. The van der Waals surface area contributed by atoms with Crippen molar-refractivity contribution in [2.24, 2.45) is 0 Å². The Morgan fingerprint density at radius 3 is 2.39 bits per heavy atom. The van der Waals surface area contributed by atoms with E-state index in [1.165, 1.54) is 12.1 Å². The lowest BCUT2D eigenvalue weighted by molar-refractivity contribution is 0.415. The van der Waals surface area contributed by atoms with Gasteiger partial charge < -0.3 is 4.74 Å². The van der Waals surface area contributed by atoms with E-state index in [9.17, 15) is 4.39 Å². The molecule has 0 spiro atoms. The zero-order valence-corrected chi connectivity index (χ0v) is 15.0. The maximum atomic E-state index is 13.4. The van der Waals surface area contributed by atoms with Crippen molar-refractivity contribution in [2.45, 2.75) is 0 Å². The molecule has 0 saturated carbocycles. The zero-order valence-electron chi connectivity index (χ0n) is 15.0. The van der Waals surface area contributed by atoms with Crippen LogP contribution < -0.4 is 4.74 Å². The van der Waals surface area contributed by atoms with E-state index >= 15 is 0 Å². The van der Waals surface area contributed by atoms with E-state index < -0.39 is 0 Å². The van der Waals surface area contributed by atoms with Crippen LogP contribution in [-0.4, -0.2) is 26.7 Å². The van der Waals surface area contributed by atoms with Crippen molar-refractivity contribution < 1.29 is 9.13 Å². The Balaban J connectivity index is 1.90. The zero-order chi connectivity index (χ0) is 19.1. The minimum Gasteiger partial charge on any atom is -0.497 e. The molecule has 0 unspecified atom stereocenters. The number of hydrogen-bond donors (Lipinski definition) is 0. The molecule has 0 radical (unpaired) electrons. The van der Waals surface area contributed by atoms with Gasteiger partial charge in [0.05, 0.1) is 18.1 Å². The van der Waals surface area contributed by atoms with Crippen LogP contribution in [0.25, 0.3) is 39.3 Å². The lowest BCUT2D eigenvalue weighted by atomic mass is 10.1. The minimum absolute atomic E-state index is 0.296. The van der Waals surface area contributed by atoms with Crippen molar-refractivity contribution in [3.63, 3.8) is 0 Å². The SMILES string of the molecule is COc1ccc2nc(-c3ccccc3)c3nnc(-c4ccc(F)cc4)n3c2c1. The van der Waals surface area contributed by atoms with E-state index in [1.807, 2.05) is 52.9 Å². The molecule has 5 nitrogen and oxygen atoms in total. The molecule has 3 aromatic carbocycles. The molecule has 0 bridgehead atoms. The minimum atomic E-state index is -0.296. The fraction of sp³-hybridized carbons (Fsp3) is 0.0455. The van der Waals surface area contributed by atoms with Crippen molar-refractivity contribution in [3.05, 3.63) is 78.6 Å². The highest BCUT2D eigenvalue weighted by atomic mass is 19.1. The van der Waals surface area contributed by atoms with Gasteiger partial charge in [0.25, 0.3) is 0 Å². The average molecular weight is 370 g/mol. The van der Waals surface area contributed by atoms with Gasteiger partial charge in [-0.3, -0.25) is 4.40 Å². The van der Waals surface area contributed by atoms with Crippen LogP contribution in [0.15, 0.2) is 72.8 Å². The third-order valence-electron chi connectivity index (χ3n) is 4.68. The second kappa shape index (κ2) is 6.42. The molecule has 2 aromatic heterocycles. The highest BCUT2D eigenvalue weighted by Gasteiger charge is 2.18. The monoisotopic (exact) mass is 370 g/mol. The number of ether oxygens (including phenoxy) is 1. The first-order valence-electron chi connectivity index (χ1n) is 8.79. The Bertz CT molecular complexity index is 1300. The van der Waals surface area contributed by atoms with E-state index in [1.54, 1.807) is 19.2 Å². The van der Waals surface area contributed by atoms with Crippen molar-refractivity contribution in [2.75, 3.05) is 7.11 Å². The first kappa shape index (κ1) is 16.4. The molecule has 28 heavy (non-hydrogen) atoms. The van der Waals surface area contributed by atoms with E-state index in [0.29, 0.717) is 17.2 Å². The van der Waals surface area contributed by atoms with Gasteiger partial charge in [-0.1, -0.05) is 30.3 Å². The van der Waals surface area contributed by atoms with Crippen LogP contribution in [0, 0.1) is 5.82 Å². The van der Waals surface area contributed by atoms with E-state index in [-0.39, 0.29) is 5.82 Å². The van der Waals surface area contributed by atoms with Crippen LogP contribution in [0.3, 0.4) is 0 Å². The molecule has 0 atom stereocenters. The summed E-state index contributed by atoms with van der Waals surface area (Å²) in [6.07, 6.45) is 0. The van der Waals surface area contributed by atoms with Crippen LogP contribution in [0.5, 0.6) is 5.75 Å². The van der Waals surface area contributed by atoms with Crippen LogP contribution >= 0.6 is 0 Å². The molecule has 0 fully saturated rings. The Kier molecular flexibility index (Phi) is 3.76. The summed E-state index contributed by atoms with van der Waals surface area (Å²) in [6.45, 7) is 0. The standard InChI is InChI=1S/C22H15FN4O/c1-28-17-11-12-18-19(13-17)27-21(15-7-9-16(23)10-8-15)25-26-22(27)20(24-18)14-5-3-2-4-6-14/h2-13H,1H3. The number of halogens is 1. The summed E-state index contributed by atoms with van der Waals surface area (Å²) in [4.78, 5) is 4.83. The third-order valence-corrected chi connectivity index (χ3v) is 4.68. The van der Waals surface area contributed by atoms with Crippen LogP contribution in [0.2, 0.25) is 0 Å². The van der Waals surface area contributed by atoms with E-state index in [2.05, 4.69) is 10.2 Å². The number of methoxy groups -OCH3 is 1. The maximum absolute atomic E-state index is 13.4. The fourth-order valence-electron chi connectivity index (χ4n) is 3.32. The Hall–Kier alpha value is -3.80. The summed E-state index contributed by atoms with van der Waals surface area (Å²) in [6, 6.07) is 21.8. The van der Waals surface area contributed by atoms with Gasteiger partial charge in [-0.2, -0.15) is 0 Å². The predicted molar refractivity (Wildman–Crippen MR) is 106 cm³/mol. The molecule has 0 aliphatic rings. The number of hydrogen-bond acceptors (Lipinski definition) is 4. The molecule has 0 amide bonds. The van der Waals surface area contributed by atoms with Gasteiger partial charge >= 0.3 is 0 Å². The van der Waals surface area contributed by atoms with Crippen molar-refractivity contribution >= 4 is 16.7 Å². The molecule has 0 aliphatic carbocycles. The smallest absolute Gasteiger partial charge is 0.188 e. The normalized spacial score (nSPS) is 11.2. The summed E-state index contributed by atoms with van der Waals surface area (Å²) in [5, 5.41) is 8.81. The number of benzene rings is 3. The molecular weight excluding hydrogens is 355 g/mol. The van der Waals surface area contributed by atoms with Gasteiger partial charge in [-0.05, 0) is 36.4 Å². The summed E-state index contributed by atoms with van der Waals surface area (Å²) in [5.74, 6) is 1.03. The molecule has 0 saturated heterocycles. The van der Waals surface area contributed by atoms with Gasteiger partial charge in [0.2, 0.25) is 0 Å². The Morgan fingerprint density at radius 2 is 1.64 bits per heavy atom. The first-order chi connectivity index (χ1) is 13.7. The molecule has 5 rings (SSSR count). The lowest BCUT2D eigenvalue weighted by Gasteiger charge is -2.10. The van der Waals surface area contributed by atoms with Gasteiger partial charge in [-0.15, -0.1) is 10.2 Å². The largest absolute Gasteiger partial charge is 0.497 e. The number of fused-ring (bicyclic) bond motifs is 3. The topological polar surface area (TPSA) is 52.3 Å². The van der Waals surface area contributed by atoms with Gasteiger partial charge in [0.1, 0.15) is 17.3 Å². The average Bonchev–Trinajstić information content (AvgIpc) is 3.19. The summed E-state index contributed by atoms with van der Waals surface area (Å²) in [7, 11) is 1.62. The molecule has 0 N–H and O–H groups in total. The number of aromatic nitrogens is 4. The fourth-order valence-corrected chi connectivity index (χ4v) is 3.32. The highest BCUT2D eigenvalue weighted by molar-refractivity contribution is 5.88. The number of nitrogens with zero attached hydrogens (tertiary/aromatic N) is 4. The highest BCUT2D eigenvalue weighted by Crippen LogP contribution is 2.31. The Labute approximate surface area is 160 Å². The van der Waals surface area contributed by atoms with Gasteiger partial charge in [0.15, 0.2) is 11.5 Å². The second-order valence-corrected chi connectivity index (χ2v) is 6.37. The van der Waals surface area contributed by atoms with Crippen molar-refractivity contribution in [1.29, 1.82) is 0 Å². The van der Waals surface area contributed by atoms with Crippen LogP contribution in [0.1, 0.15) is 0 Å². The third kappa shape index (κ3) is 2.58. The summed E-state index contributed by atoms with van der Waals surface area (Å²) < 4.78 is 20.7. The van der Waals surface area contributed by atoms with Crippen LogP contribution in [-0.2, 0) is 0 Å². The molecule has 5 aromatic rings.